The highest BCUT2D eigenvalue weighted by atomic mass is 16.5. The van der Waals surface area contributed by atoms with Crippen molar-refractivity contribution in [1.29, 1.82) is 0 Å². The van der Waals surface area contributed by atoms with Crippen molar-refractivity contribution in [2.45, 2.75) is 24.7 Å². The van der Waals surface area contributed by atoms with Crippen LogP contribution in [0, 0.1) is 5.92 Å². The van der Waals surface area contributed by atoms with E-state index in [-0.39, 0.29) is 5.95 Å². The molecule has 2 aliphatic carbocycles. The van der Waals surface area contributed by atoms with Gasteiger partial charge in [0.15, 0.2) is 0 Å². The monoisotopic (exact) mass is 227 g/mol. The second kappa shape index (κ2) is 3.09. The van der Waals surface area contributed by atoms with E-state index in [2.05, 4.69) is 34.4 Å². The van der Waals surface area contributed by atoms with Crippen molar-refractivity contribution in [3.8, 4) is 0 Å². The summed E-state index contributed by atoms with van der Waals surface area (Å²) in [5.41, 5.74) is 8.45. The van der Waals surface area contributed by atoms with Crippen LogP contribution in [0.3, 0.4) is 0 Å². The quantitative estimate of drug-likeness (QED) is 0.810. The van der Waals surface area contributed by atoms with Crippen LogP contribution in [-0.4, -0.2) is 10.1 Å². The van der Waals surface area contributed by atoms with Crippen molar-refractivity contribution in [2.24, 2.45) is 5.92 Å². The Balaban J connectivity index is 1.73. The van der Waals surface area contributed by atoms with Gasteiger partial charge in [-0.1, -0.05) is 24.3 Å². The van der Waals surface area contributed by atoms with E-state index in [0.29, 0.717) is 23.6 Å². The SMILES string of the molecule is Nc1noc(C2C3CCc4ccccc4C32)n1. The van der Waals surface area contributed by atoms with E-state index >= 15 is 0 Å². The van der Waals surface area contributed by atoms with Gasteiger partial charge in [0.2, 0.25) is 5.89 Å². The maximum Gasteiger partial charge on any atom is 0.260 e. The highest BCUT2D eigenvalue weighted by Gasteiger charge is 2.56. The minimum absolute atomic E-state index is 0.247. The first-order chi connectivity index (χ1) is 8.34. The van der Waals surface area contributed by atoms with Crippen molar-refractivity contribution in [2.75, 3.05) is 5.73 Å². The lowest BCUT2D eigenvalue weighted by molar-refractivity contribution is 0.375. The van der Waals surface area contributed by atoms with E-state index in [4.69, 9.17) is 10.3 Å². The van der Waals surface area contributed by atoms with E-state index in [1.807, 2.05) is 0 Å². The van der Waals surface area contributed by atoms with E-state index in [9.17, 15) is 0 Å². The number of aryl methyl sites for hydroxylation is 1. The fourth-order valence-electron chi connectivity index (χ4n) is 3.29. The van der Waals surface area contributed by atoms with Crippen LogP contribution in [0.1, 0.15) is 35.3 Å². The molecule has 1 aromatic heterocycles. The van der Waals surface area contributed by atoms with Gasteiger partial charge in [-0.05, 0) is 41.0 Å². The summed E-state index contributed by atoms with van der Waals surface area (Å²) in [6.07, 6.45) is 2.38. The third-order valence-electron chi connectivity index (χ3n) is 4.07. The second-order valence-electron chi connectivity index (χ2n) is 4.94. The van der Waals surface area contributed by atoms with E-state index < -0.39 is 0 Å². The zero-order chi connectivity index (χ0) is 11.4. The molecule has 0 aliphatic heterocycles. The molecule has 0 radical (unpaired) electrons. The average Bonchev–Trinajstić information content (AvgIpc) is 2.96. The molecule has 0 spiro atoms. The van der Waals surface area contributed by atoms with Gasteiger partial charge in [-0.25, -0.2) is 0 Å². The molecule has 0 bridgehead atoms. The molecule has 17 heavy (non-hydrogen) atoms. The Labute approximate surface area is 98.8 Å². The third-order valence-corrected chi connectivity index (χ3v) is 4.07. The summed E-state index contributed by atoms with van der Waals surface area (Å²) >= 11 is 0. The fraction of sp³-hybridized carbons (Fsp3) is 0.385. The van der Waals surface area contributed by atoms with Crippen LogP contribution in [0.15, 0.2) is 28.8 Å². The summed E-state index contributed by atoms with van der Waals surface area (Å²) in [6.45, 7) is 0. The molecular weight excluding hydrogens is 214 g/mol. The van der Waals surface area contributed by atoms with Crippen molar-refractivity contribution in [3.05, 3.63) is 41.3 Å². The maximum absolute atomic E-state index is 5.51. The van der Waals surface area contributed by atoms with Crippen LogP contribution in [0.5, 0.6) is 0 Å². The predicted octanol–water partition coefficient (Wildman–Crippen LogP) is 2.10. The summed E-state index contributed by atoms with van der Waals surface area (Å²) < 4.78 is 5.21. The molecule has 1 aromatic carbocycles. The Kier molecular flexibility index (Phi) is 1.68. The van der Waals surface area contributed by atoms with Gasteiger partial charge in [-0.15, -0.1) is 0 Å². The summed E-state index contributed by atoms with van der Waals surface area (Å²) in [7, 11) is 0. The number of hydrogen-bond donors (Lipinski definition) is 1. The molecule has 0 amide bonds. The number of nitrogen functional groups attached to an aromatic ring is 1. The molecule has 1 fully saturated rings. The first-order valence-electron chi connectivity index (χ1n) is 6.01. The Morgan fingerprint density at radius 1 is 1.24 bits per heavy atom. The van der Waals surface area contributed by atoms with E-state index in [0.717, 1.165) is 6.42 Å². The molecular formula is C13H13N3O. The van der Waals surface area contributed by atoms with Crippen LogP contribution in [-0.2, 0) is 6.42 Å². The van der Waals surface area contributed by atoms with Crippen molar-refractivity contribution in [1.82, 2.24) is 10.1 Å². The number of anilines is 1. The van der Waals surface area contributed by atoms with Crippen molar-refractivity contribution in [3.63, 3.8) is 0 Å². The fourth-order valence-corrected chi connectivity index (χ4v) is 3.29. The van der Waals surface area contributed by atoms with Gasteiger partial charge in [0.1, 0.15) is 0 Å². The van der Waals surface area contributed by atoms with Gasteiger partial charge in [-0.3, -0.25) is 0 Å². The number of rotatable bonds is 1. The predicted molar refractivity (Wildman–Crippen MR) is 62.4 cm³/mol. The van der Waals surface area contributed by atoms with Gasteiger partial charge >= 0.3 is 0 Å². The lowest BCUT2D eigenvalue weighted by Crippen LogP contribution is -2.00. The molecule has 2 N–H and O–H groups in total. The molecule has 2 aliphatic rings. The van der Waals surface area contributed by atoms with Crippen LogP contribution in [0.4, 0.5) is 5.95 Å². The number of benzene rings is 1. The van der Waals surface area contributed by atoms with Crippen LogP contribution >= 0.6 is 0 Å². The first-order valence-corrected chi connectivity index (χ1v) is 6.01. The summed E-state index contributed by atoms with van der Waals surface area (Å²) in [5, 5.41) is 3.68. The molecule has 1 saturated carbocycles. The molecule has 0 saturated heterocycles. The van der Waals surface area contributed by atoms with Gasteiger partial charge in [0.05, 0.1) is 0 Å². The lowest BCUT2D eigenvalue weighted by Gasteiger charge is -2.13. The van der Waals surface area contributed by atoms with Gasteiger partial charge in [0.25, 0.3) is 5.95 Å². The third kappa shape index (κ3) is 1.24. The lowest BCUT2D eigenvalue weighted by atomic mass is 9.92. The molecule has 3 atom stereocenters. The number of fused-ring (bicyclic) bond motifs is 3. The highest BCUT2D eigenvalue weighted by Crippen LogP contribution is 2.64. The molecule has 3 unspecified atom stereocenters. The highest BCUT2D eigenvalue weighted by molar-refractivity contribution is 5.42. The van der Waals surface area contributed by atoms with E-state index in [1.54, 1.807) is 0 Å². The van der Waals surface area contributed by atoms with Crippen molar-refractivity contribution >= 4 is 5.95 Å². The number of nitrogens with two attached hydrogens (primary N) is 1. The average molecular weight is 227 g/mol. The number of nitrogens with zero attached hydrogens (tertiary/aromatic N) is 2. The Bertz CT molecular complexity index is 578. The minimum atomic E-state index is 0.247. The summed E-state index contributed by atoms with van der Waals surface area (Å²) in [6, 6.07) is 8.68. The zero-order valence-corrected chi connectivity index (χ0v) is 9.34. The normalized spacial score (nSPS) is 29.5. The van der Waals surface area contributed by atoms with Crippen LogP contribution in [0.2, 0.25) is 0 Å². The molecule has 1 heterocycles. The number of aromatic nitrogens is 2. The Hall–Kier alpha value is -1.84. The second-order valence-corrected chi connectivity index (χ2v) is 4.94. The van der Waals surface area contributed by atoms with Gasteiger partial charge in [-0.2, -0.15) is 4.98 Å². The van der Waals surface area contributed by atoms with Crippen LogP contribution < -0.4 is 5.73 Å². The summed E-state index contributed by atoms with van der Waals surface area (Å²) in [5.74, 6) is 2.60. The zero-order valence-electron chi connectivity index (χ0n) is 9.34. The molecule has 4 heteroatoms. The maximum atomic E-state index is 5.51. The van der Waals surface area contributed by atoms with E-state index in [1.165, 1.54) is 17.5 Å². The number of hydrogen-bond acceptors (Lipinski definition) is 4. The first kappa shape index (κ1) is 9.22. The van der Waals surface area contributed by atoms with Gasteiger partial charge < -0.3 is 10.3 Å². The van der Waals surface area contributed by atoms with Crippen molar-refractivity contribution < 1.29 is 4.52 Å². The molecule has 2 aromatic rings. The smallest absolute Gasteiger partial charge is 0.260 e. The summed E-state index contributed by atoms with van der Waals surface area (Å²) in [4.78, 5) is 4.17. The topological polar surface area (TPSA) is 64.9 Å². The minimum Gasteiger partial charge on any atom is -0.365 e. The Morgan fingerprint density at radius 3 is 2.94 bits per heavy atom. The molecule has 4 nitrogen and oxygen atoms in total. The standard InChI is InChI=1S/C13H13N3O/c14-13-15-12(17-16-13)11-9-6-5-7-3-1-2-4-8(7)10(9)11/h1-4,9-11H,5-6H2,(H2,14,16). The Morgan fingerprint density at radius 2 is 2.12 bits per heavy atom. The largest absolute Gasteiger partial charge is 0.365 e. The molecule has 86 valence electrons. The van der Waals surface area contributed by atoms with Gasteiger partial charge in [0, 0.05) is 5.92 Å². The molecule has 4 rings (SSSR count). The van der Waals surface area contributed by atoms with Crippen LogP contribution in [0.25, 0.3) is 0 Å².